The molecule has 0 aliphatic heterocycles. The lowest BCUT2D eigenvalue weighted by Gasteiger charge is -2.31. The normalized spacial score (nSPS) is 14.3. The number of carbonyl (C=O) groups excluding carboxylic acids is 1. The fourth-order valence-electron chi connectivity index (χ4n) is 2.07. The van der Waals surface area contributed by atoms with Gasteiger partial charge in [0.25, 0.3) is 5.91 Å². The fraction of sp³-hybridized carbons (Fsp3) is 0.500. The lowest BCUT2D eigenvalue weighted by Crippen LogP contribution is -2.52. The molecule has 0 saturated heterocycles. The molecule has 1 unspecified atom stereocenters. The number of halogens is 2. The molecule has 1 aromatic carbocycles. The van der Waals surface area contributed by atoms with Gasteiger partial charge in [-0.2, -0.15) is 0 Å². The van der Waals surface area contributed by atoms with Gasteiger partial charge in [-0.1, -0.05) is 25.4 Å². The molecular formula is C14H20ClFN2O. The fourth-order valence-corrected chi connectivity index (χ4v) is 2.19. The molecule has 1 aromatic rings. The van der Waals surface area contributed by atoms with E-state index in [9.17, 15) is 9.18 Å². The van der Waals surface area contributed by atoms with Crippen LogP contribution in [0, 0.1) is 11.7 Å². The van der Waals surface area contributed by atoms with E-state index in [2.05, 4.69) is 19.2 Å². The van der Waals surface area contributed by atoms with Crippen molar-refractivity contribution in [3.63, 3.8) is 0 Å². The van der Waals surface area contributed by atoms with Gasteiger partial charge in [0, 0.05) is 17.6 Å². The van der Waals surface area contributed by atoms with Crippen molar-refractivity contribution in [2.24, 2.45) is 11.7 Å². The van der Waals surface area contributed by atoms with E-state index in [1.165, 1.54) is 12.1 Å². The van der Waals surface area contributed by atoms with E-state index < -0.39 is 11.4 Å². The molecule has 0 spiro atoms. The second-order valence-electron chi connectivity index (χ2n) is 5.45. The van der Waals surface area contributed by atoms with Gasteiger partial charge in [0.05, 0.1) is 5.02 Å². The van der Waals surface area contributed by atoms with E-state index in [1.807, 2.05) is 6.92 Å². The summed E-state index contributed by atoms with van der Waals surface area (Å²) in [4.78, 5) is 12.1. The van der Waals surface area contributed by atoms with Crippen LogP contribution in [-0.4, -0.2) is 18.0 Å². The van der Waals surface area contributed by atoms with Crippen LogP contribution in [0.5, 0.6) is 0 Å². The first-order chi connectivity index (χ1) is 8.77. The molecule has 0 aliphatic carbocycles. The Morgan fingerprint density at radius 3 is 2.63 bits per heavy atom. The Morgan fingerprint density at radius 1 is 1.53 bits per heavy atom. The quantitative estimate of drug-likeness (QED) is 0.874. The Bertz CT molecular complexity index is 465. The highest BCUT2D eigenvalue weighted by atomic mass is 35.5. The number of amides is 1. The molecular weight excluding hydrogens is 267 g/mol. The van der Waals surface area contributed by atoms with Gasteiger partial charge in [0.2, 0.25) is 0 Å². The van der Waals surface area contributed by atoms with Gasteiger partial charge in [0.1, 0.15) is 5.82 Å². The molecule has 1 atom stereocenters. The SMILES string of the molecule is CC(C)CC(C)(CN)NC(=O)c1ccc(Cl)c(F)c1. The molecule has 0 fully saturated rings. The van der Waals surface area contributed by atoms with Crippen molar-refractivity contribution in [1.82, 2.24) is 5.32 Å². The van der Waals surface area contributed by atoms with E-state index in [4.69, 9.17) is 17.3 Å². The third-order valence-corrected chi connectivity index (χ3v) is 3.21. The van der Waals surface area contributed by atoms with Gasteiger partial charge in [-0.05, 0) is 37.5 Å². The van der Waals surface area contributed by atoms with Gasteiger partial charge in [-0.15, -0.1) is 0 Å². The maximum atomic E-state index is 13.3. The zero-order valence-corrected chi connectivity index (χ0v) is 12.2. The maximum Gasteiger partial charge on any atom is 0.251 e. The summed E-state index contributed by atoms with van der Waals surface area (Å²) in [6.45, 7) is 6.33. The van der Waals surface area contributed by atoms with Crippen LogP contribution >= 0.6 is 11.6 Å². The summed E-state index contributed by atoms with van der Waals surface area (Å²) in [6.07, 6.45) is 0.755. The van der Waals surface area contributed by atoms with Crippen LogP contribution in [0.15, 0.2) is 18.2 Å². The molecule has 0 bridgehead atoms. The Morgan fingerprint density at radius 2 is 2.16 bits per heavy atom. The molecule has 1 rings (SSSR count). The summed E-state index contributed by atoms with van der Waals surface area (Å²) in [6, 6.07) is 3.99. The van der Waals surface area contributed by atoms with Crippen molar-refractivity contribution in [3.05, 3.63) is 34.6 Å². The number of hydrogen-bond acceptors (Lipinski definition) is 2. The van der Waals surface area contributed by atoms with Crippen LogP contribution in [-0.2, 0) is 0 Å². The standard InChI is InChI=1S/C14H20ClFN2O/c1-9(2)7-14(3,8-17)18-13(19)10-4-5-11(15)12(16)6-10/h4-6,9H,7-8,17H2,1-3H3,(H,18,19). The van der Waals surface area contributed by atoms with E-state index in [0.717, 1.165) is 12.5 Å². The van der Waals surface area contributed by atoms with Crippen molar-refractivity contribution in [2.45, 2.75) is 32.7 Å². The van der Waals surface area contributed by atoms with Crippen LogP contribution in [0.3, 0.4) is 0 Å². The monoisotopic (exact) mass is 286 g/mol. The molecule has 3 nitrogen and oxygen atoms in total. The minimum absolute atomic E-state index is 0.000294. The molecule has 0 aromatic heterocycles. The Kier molecular flexibility index (Phi) is 5.32. The summed E-state index contributed by atoms with van der Waals surface area (Å²) in [5.41, 5.74) is 5.47. The lowest BCUT2D eigenvalue weighted by atomic mass is 9.90. The van der Waals surface area contributed by atoms with E-state index >= 15 is 0 Å². The third kappa shape index (κ3) is 4.48. The Hall–Kier alpha value is -1.13. The molecule has 19 heavy (non-hydrogen) atoms. The third-order valence-electron chi connectivity index (χ3n) is 2.91. The van der Waals surface area contributed by atoms with Crippen molar-refractivity contribution >= 4 is 17.5 Å². The Labute approximate surface area is 118 Å². The van der Waals surface area contributed by atoms with Crippen molar-refractivity contribution < 1.29 is 9.18 Å². The molecule has 0 heterocycles. The number of hydrogen-bond donors (Lipinski definition) is 2. The van der Waals surface area contributed by atoms with Crippen LogP contribution in [0.1, 0.15) is 37.6 Å². The van der Waals surface area contributed by atoms with Crippen molar-refractivity contribution in [3.8, 4) is 0 Å². The van der Waals surface area contributed by atoms with Gasteiger partial charge >= 0.3 is 0 Å². The molecule has 0 saturated carbocycles. The summed E-state index contributed by atoms with van der Waals surface area (Å²) < 4.78 is 13.3. The second kappa shape index (κ2) is 6.35. The number of benzene rings is 1. The van der Waals surface area contributed by atoms with Crippen LogP contribution < -0.4 is 11.1 Å². The van der Waals surface area contributed by atoms with Crippen molar-refractivity contribution in [1.29, 1.82) is 0 Å². The van der Waals surface area contributed by atoms with Gasteiger partial charge in [0.15, 0.2) is 0 Å². The molecule has 106 valence electrons. The molecule has 5 heteroatoms. The molecule has 0 aliphatic rings. The van der Waals surface area contributed by atoms with Crippen LogP contribution in [0.4, 0.5) is 4.39 Å². The molecule has 1 amide bonds. The molecule has 0 radical (unpaired) electrons. The maximum absolute atomic E-state index is 13.3. The highest BCUT2D eigenvalue weighted by Gasteiger charge is 2.26. The largest absolute Gasteiger partial charge is 0.346 e. The number of carbonyl (C=O) groups is 1. The van der Waals surface area contributed by atoms with E-state index in [-0.39, 0.29) is 16.5 Å². The smallest absolute Gasteiger partial charge is 0.251 e. The topological polar surface area (TPSA) is 55.1 Å². The van der Waals surface area contributed by atoms with Gasteiger partial charge < -0.3 is 11.1 Å². The number of nitrogens with two attached hydrogens (primary N) is 1. The first-order valence-corrected chi connectivity index (χ1v) is 6.63. The zero-order valence-electron chi connectivity index (χ0n) is 11.5. The second-order valence-corrected chi connectivity index (χ2v) is 5.85. The predicted octanol–water partition coefficient (Wildman–Crippen LogP) is 2.97. The number of nitrogens with one attached hydrogen (secondary N) is 1. The van der Waals surface area contributed by atoms with Gasteiger partial charge in [-0.25, -0.2) is 4.39 Å². The average Bonchev–Trinajstić information content (AvgIpc) is 2.31. The summed E-state index contributed by atoms with van der Waals surface area (Å²) in [5, 5.41) is 2.86. The summed E-state index contributed by atoms with van der Waals surface area (Å²) in [5.74, 6) is -0.549. The van der Waals surface area contributed by atoms with E-state index in [1.54, 1.807) is 0 Å². The van der Waals surface area contributed by atoms with Gasteiger partial charge in [-0.3, -0.25) is 4.79 Å². The number of rotatable bonds is 5. The average molecular weight is 287 g/mol. The summed E-state index contributed by atoms with van der Waals surface area (Å²) >= 11 is 5.59. The van der Waals surface area contributed by atoms with Crippen LogP contribution in [0.2, 0.25) is 5.02 Å². The van der Waals surface area contributed by atoms with Crippen molar-refractivity contribution in [2.75, 3.05) is 6.54 Å². The highest BCUT2D eigenvalue weighted by Crippen LogP contribution is 2.18. The van der Waals surface area contributed by atoms with Crippen LogP contribution in [0.25, 0.3) is 0 Å². The lowest BCUT2D eigenvalue weighted by molar-refractivity contribution is 0.0898. The Balaban J connectivity index is 2.85. The predicted molar refractivity (Wildman–Crippen MR) is 75.8 cm³/mol. The minimum atomic E-state index is -0.604. The minimum Gasteiger partial charge on any atom is -0.346 e. The molecule has 3 N–H and O–H groups in total. The zero-order chi connectivity index (χ0) is 14.6. The first-order valence-electron chi connectivity index (χ1n) is 6.25. The first kappa shape index (κ1) is 15.9. The van der Waals surface area contributed by atoms with E-state index in [0.29, 0.717) is 12.5 Å². The summed E-state index contributed by atoms with van der Waals surface area (Å²) in [7, 11) is 0. The highest BCUT2D eigenvalue weighted by molar-refractivity contribution is 6.30.